The summed E-state index contributed by atoms with van der Waals surface area (Å²) >= 11 is 0. The predicted octanol–water partition coefficient (Wildman–Crippen LogP) is 5.56. The van der Waals surface area contributed by atoms with E-state index in [0.29, 0.717) is 17.2 Å². The summed E-state index contributed by atoms with van der Waals surface area (Å²) in [5, 5.41) is 10.6. The summed E-state index contributed by atoms with van der Waals surface area (Å²) in [6.07, 6.45) is 7.26. The molecule has 0 radical (unpaired) electrons. The zero-order valence-electron chi connectivity index (χ0n) is 14.3. The maximum Gasteiger partial charge on any atom is 0.132 e. The van der Waals surface area contributed by atoms with Crippen LogP contribution in [0.25, 0.3) is 0 Å². The second-order valence-electron chi connectivity index (χ2n) is 5.55. The molecule has 0 fully saturated rings. The SMILES string of the molecule is C=C/C=C(\C=C)C1=COc2ccc(C(C)C)cc2C1O.C=CCF. The average molecular weight is 328 g/mol. The van der Waals surface area contributed by atoms with E-state index in [4.69, 9.17) is 4.74 Å². The summed E-state index contributed by atoms with van der Waals surface area (Å²) in [5.74, 6) is 1.11. The van der Waals surface area contributed by atoms with Gasteiger partial charge in [-0.15, -0.1) is 6.58 Å². The van der Waals surface area contributed by atoms with Crippen molar-refractivity contribution >= 4 is 0 Å². The molecule has 0 amide bonds. The van der Waals surface area contributed by atoms with Crippen molar-refractivity contribution in [2.24, 2.45) is 0 Å². The molecule has 3 heteroatoms. The minimum atomic E-state index is -0.707. The van der Waals surface area contributed by atoms with Crippen LogP contribution < -0.4 is 4.74 Å². The fraction of sp³-hybridized carbons (Fsp3) is 0.238. The molecule has 128 valence electrons. The molecular weight excluding hydrogens is 303 g/mol. The van der Waals surface area contributed by atoms with E-state index in [1.807, 2.05) is 24.3 Å². The number of benzene rings is 1. The van der Waals surface area contributed by atoms with Crippen LogP contribution in [0.3, 0.4) is 0 Å². The molecule has 1 N–H and O–H groups in total. The normalized spacial score (nSPS) is 16.1. The number of fused-ring (bicyclic) bond motifs is 1. The minimum Gasteiger partial charge on any atom is -0.464 e. The lowest BCUT2D eigenvalue weighted by molar-refractivity contribution is 0.202. The Morgan fingerprint density at radius 2 is 2.00 bits per heavy atom. The van der Waals surface area contributed by atoms with E-state index in [-0.39, 0.29) is 0 Å². The van der Waals surface area contributed by atoms with Crippen molar-refractivity contribution in [1.82, 2.24) is 0 Å². The van der Waals surface area contributed by atoms with Crippen LogP contribution in [0.15, 0.2) is 79.6 Å². The Bertz CT molecular complexity index is 654. The molecule has 1 aromatic carbocycles. The van der Waals surface area contributed by atoms with E-state index >= 15 is 0 Å². The van der Waals surface area contributed by atoms with Crippen molar-refractivity contribution < 1.29 is 14.2 Å². The number of aliphatic hydroxyl groups excluding tert-OH is 1. The van der Waals surface area contributed by atoms with E-state index in [0.717, 1.165) is 11.1 Å². The largest absolute Gasteiger partial charge is 0.464 e. The molecule has 0 spiro atoms. The molecule has 0 aliphatic carbocycles. The number of aliphatic hydroxyl groups is 1. The third kappa shape index (κ3) is 4.80. The van der Waals surface area contributed by atoms with Gasteiger partial charge in [-0.2, -0.15) is 0 Å². The number of alkyl halides is 1. The van der Waals surface area contributed by atoms with Gasteiger partial charge in [0.05, 0.1) is 6.26 Å². The van der Waals surface area contributed by atoms with Crippen LogP contribution in [-0.4, -0.2) is 11.8 Å². The Morgan fingerprint density at radius 1 is 1.33 bits per heavy atom. The second kappa shape index (κ2) is 9.68. The van der Waals surface area contributed by atoms with Gasteiger partial charge in [0.2, 0.25) is 0 Å². The summed E-state index contributed by atoms with van der Waals surface area (Å²) in [7, 11) is 0. The molecule has 1 unspecified atom stereocenters. The van der Waals surface area contributed by atoms with Crippen molar-refractivity contribution in [3.05, 3.63) is 90.8 Å². The second-order valence-corrected chi connectivity index (χ2v) is 5.55. The molecule has 0 saturated heterocycles. The van der Waals surface area contributed by atoms with Gasteiger partial charge in [-0.25, -0.2) is 4.39 Å². The molecule has 2 rings (SSSR count). The van der Waals surface area contributed by atoms with Crippen LogP contribution in [0.5, 0.6) is 5.75 Å². The Morgan fingerprint density at radius 3 is 2.50 bits per heavy atom. The van der Waals surface area contributed by atoms with E-state index < -0.39 is 12.8 Å². The lowest BCUT2D eigenvalue weighted by Gasteiger charge is -2.24. The molecule has 0 saturated carbocycles. The van der Waals surface area contributed by atoms with Crippen LogP contribution in [0, 0.1) is 0 Å². The van der Waals surface area contributed by atoms with Gasteiger partial charge < -0.3 is 9.84 Å². The van der Waals surface area contributed by atoms with Crippen LogP contribution in [-0.2, 0) is 0 Å². The summed E-state index contributed by atoms with van der Waals surface area (Å²) in [6.45, 7) is 14.4. The van der Waals surface area contributed by atoms with Crippen LogP contribution in [0.2, 0.25) is 0 Å². The Labute approximate surface area is 144 Å². The lowest BCUT2D eigenvalue weighted by Crippen LogP contribution is -2.12. The molecule has 1 heterocycles. The molecule has 2 nitrogen and oxygen atoms in total. The molecule has 1 aliphatic heterocycles. The van der Waals surface area contributed by atoms with Crippen molar-refractivity contribution in [1.29, 1.82) is 0 Å². The van der Waals surface area contributed by atoms with Crippen LogP contribution >= 0.6 is 0 Å². The van der Waals surface area contributed by atoms with Gasteiger partial charge >= 0.3 is 0 Å². The molecule has 1 atom stereocenters. The number of allylic oxidation sites excluding steroid dienone is 4. The Kier molecular flexibility index (Phi) is 7.93. The summed E-state index contributed by atoms with van der Waals surface area (Å²) in [5.41, 5.74) is 3.49. The number of halogens is 1. The average Bonchev–Trinajstić information content (AvgIpc) is 2.60. The maximum atomic E-state index is 10.6. The van der Waals surface area contributed by atoms with Crippen LogP contribution in [0.1, 0.15) is 37.0 Å². The molecule has 1 aromatic rings. The first-order chi connectivity index (χ1) is 11.5. The number of ether oxygens (including phenoxy) is 1. The summed E-state index contributed by atoms with van der Waals surface area (Å²) in [4.78, 5) is 0. The van der Waals surface area contributed by atoms with Crippen molar-refractivity contribution in [2.75, 3.05) is 6.67 Å². The van der Waals surface area contributed by atoms with Gasteiger partial charge in [0.1, 0.15) is 18.5 Å². The third-order valence-electron chi connectivity index (χ3n) is 3.56. The van der Waals surface area contributed by atoms with Crippen molar-refractivity contribution in [3.63, 3.8) is 0 Å². The van der Waals surface area contributed by atoms with E-state index in [9.17, 15) is 9.50 Å². The quantitative estimate of drug-likeness (QED) is 0.566. The van der Waals surface area contributed by atoms with Crippen LogP contribution in [0.4, 0.5) is 4.39 Å². The smallest absolute Gasteiger partial charge is 0.132 e. The Balaban J connectivity index is 0.000000648. The summed E-state index contributed by atoms with van der Waals surface area (Å²) in [6, 6.07) is 5.95. The third-order valence-corrected chi connectivity index (χ3v) is 3.56. The standard InChI is InChI=1S/C18H20O2.C3H5F/c1-5-7-13(6-2)16-11-20-17-9-8-14(12(3)4)10-15(17)18(16)19;1-2-3-4/h5-12,18-19H,1-2H2,3-4H3;2H,1,3H2/b13-7+;. The van der Waals surface area contributed by atoms with Gasteiger partial charge in [-0.05, 0) is 29.2 Å². The monoisotopic (exact) mass is 328 g/mol. The summed E-state index contributed by atoms with van der Waals surface area (Å²) < 4.78 is 16.2. The predicted molar refractivity (Wildman–Crippen MR) is 98.9 cm³/mol. The Hall–Kier alpha value is -2.39. The van der Waals surface area contributed by atoms with E-state index in [1.165, 1.54) is 11.6 Å². The molecular formula is C21H25FO2. The van der Waals surface area contributed by atoms with Crippen molar-refractivity contribution in [3.8, 4) is 5.75 Å². The molecule has 1 aliphatic rings. The zero-order valence-corrected chi connectivity index (χ0v) is 14.3. The van der Waals surface area contributed by atoms with Gasteiger partial charge in [0, 0.05) is 11.1 Å². The van der Waals surface area contributed by atoms with Gasteiger partial charge in [-0.3, -0.25) is 0 Å². The molecule has 24 heavy (non-hydrogen) atoms. The first kappa shape index (κ1) is 19.7. The highest BCUT2D eigenvalue weighted by Gasteiger charge is 2.24. The number of rotatable bonds is 5. The fourth-order valence-electron chi connectivity index (χ4n) is 2.24. The number of hydrogen-bond acceptors (Lipinski definition) is 2. The molecule has 0 aromatic heterocycles. The van der Waals surface area contributed by atoms with Gasteiger partial charge in [-0.1, -0.05) is 57.4 Å². The lowest BCUT2D eigenvalue weighted by atomic mass is 9.91. The number of hydrogen-bond donors (Lipinski definition) is 1. The highest BCUT2D eigenvalue weighted by molar-refractivity contribution is 5.52. The minimum absolute atomic E-state index is 0.407. The van der Waals surface area contributed by atoms with Gasteiger partial charge in [0.25, 0.3) is 0 Å². The molecule has 0 bridgehead atoms. The van der Waals surface area contributed by atoms with Gasteiger partial charge in [0.15, 0.2) is 0 Å². The first-order valence-electron chi connectivity index (χ1n) is 7.81. The highest BCUT2D eigenvalue weighted by Crippen LogP contribution is 2.39. The zero-order chi connectivity index (χ0) is 18.1. The highest BCUT2D eigenvalue weighted by atomic mass is 19.1. The first-order valence-corrected chi connectivity index (χ1v) is 7.81. The maximum absolute atomic E-state index is 10.6. The van der Waals surface area contributed by atoms with Crippen molar-refractivity contribution in [2.45, 2.75) is 25.9 Å². The van der Waals surface area contributed by atoms with E-state index in [2.05, 4.69) is 33.6 Å². The van der Waals surface area contributed by atoms with E-state index in [1.54, 1.807) is 18.4 Å². The fourth-order valence-corrected chi connectivity index (χ4v) is 2.24. The topological polar surface area (TPSA) is 29.5 Å².